The van der Waals surface area contributed by atoms with Gasteiger partial charge in [-0.2, -0.15) is 11.8 Å². The summed E-state index contributed by atoms with van der Waals surface area (Å²) in [5, 5.41) is 14.5. The van der Waals surface area contributed by atoms with Crippen molar-refractivity contribution in [3.8, 4) is 0 Å². The van der Waals surface area contributed by atoms with Crippen LogP contribution in [0.25, 0.3) is 0 Å². The number of carbonyl (C=O) groups is 2. The fraction of sp³-hybridized carbons (Fsp3) is 0.833. The van der Waals surface area contributed by atoms with Gasteiger partial charge in [-0.3, -0.25) is 4.79 Å². The Morgan fingerprint density at radius 3 is 2.56 bits per heavy atom. The van der Waals surface area contributed by atoms with Crippen molar-refractivity contribution in [2.75, 3.05) is 12.8 Å². The first kappa shape index (κ1) is 15.1. The number of carbonyl (C=O) groups excluding carboxylic acids is 1. The average molecular weight is 274 g/mol. The Morgan fingerprint density at radius 2 is 2.06 bits per heavy atom. The summed E-state index contributed by atoms with van der Waals surface area (Å²) >= 11 is 1.70. The third kappa shape index (κ3) is 4.76. The second kappa shape index (κ2) is 6.31. The van der Waals surface area contributed by atoms with Gasteiger partial charge < -0.3 is 15.7 Å². The molecular formula is C12H22N2O3S. The van der Waals surface area contributed by atoms with Crippen LogP contribution in [0.1, 0.15) is 33.1 Å². The molecule has 0 aromatic rings. The molecule has 2 amide bonds. The van der Waals surface area contributed by atoms with Gasteiger partial charge in [0.2, 0.25) is 0 Å². The molecule has 104 valence electrons. The van der Waals surface area contributed by atoms with Gasteiger partial charge in [-0.15, -0.1) is 0 Å². The lowest BCUT2D eigenvalue weighted by atomic mass is 10.1. The number of rotatable bonds is 5. The number of aliphatic carboxylic acids is 1. The van der Waals surface area contributed by atoms with Crippen LogP contribution in [0, 0.1) is 5.92 Å². The number of hydrogen-bond donors (Lipinski definition) is 3. The summed E-state index contributed by atoms with van der Waals surface area (Å²) in [6.45, 7) is 4.72. The molecule has 2 unspecified atom stereocenters. The number of amides is 2. The zero-order valence-corrected chi connectivity index (χ0v) is 12.0. The van der Waals surface area contributed by atoms with Crippen LogP contribution in [0.4, 0.5) is 4.79 Å². The molecule has 0 heterocycles. The van der Waals surface area contributed by atoms with E-state index in [1.807, 2.05) is 6.26 Å². The summed E-state index contributed by atoms with van der Waals surface area (Å²) in [5.74, 6) is -1.07. The van der Waals surface area contributed by atoms with Gasteiger partial charge in [0.1, 0.15) is 0 Å². The van der Waals surface area contributed by atoms with E-state index in [4.69, 9.17) is 5.11 Å². The second-order valence-electron chi connectivity index (χ2n) is 5.34. The summed E-state index contributed by atoms with van der Waals surface area (Å²) in [5.41, 5.74) is 0. The monoisotopic (exact) mass is 274 g/mol. The standard InChI is InChI=1S/C12H22N2O3S/c1-12(2,18-3)7-13-11(17)14-9-5-4-8(6-9)10(15)16/h8-9H,4-7H2,1-3H3,(H,15,16)(H2,13,14,17). The first-order chi connectivity index (χ1) is 8.34. The Labute approximate surface area is 112 Å². The lowest BCUT2D eigenvalue weighted by Gasteiger charge is -2.23. The van der Waals surface area contributed by atoms with E-state index >= 15 is 0 Å². The van der Waals surface area contributed by atoms with Crippen molar-refractivity contribution in [2.24, 2.45) is 5.92 Å². The molecule has 1 saturated carbocycles. The fourth-order valence-corrected chi connectivity index (χ4v) is 2.16. The highest BCUT2D eigenvalue weighted by Crippen LogP contribution is 2.25. The molecule has 0 aromatic heterocycles. The lowest BCUT2D eigenvalue weighted by Crippen LogP contribution is -2.45. The zero-order chi connectivity index (χ0) is 13.8. The Kier molecular flexibility index (Phi) is 5.31. The summed E-state index contributed by atoms with van der Waals surface area (Å²) < 4.78 is 0.0105. The van der Waals surface area contributed by atoms with Crippen LogP contribution < -0.4 is 10.6 Å². The maximum absolute atomic E-state index is 11.7. The molecule has 1 rings (SSSR count). The van der Waals surface area contributed by atoms with Gasteiger partial charge in [-0.05, 0) is 39.4 Å². The molecule has 6 heteroatoms. The van der Waals surface area contributed by atoms with Crippen LogP contribution in [-0.2, 0) is 4.79 Å². The maximum Gasteiger partial charge on any atom is 0.315 e. The Bertz CT molecular complexity index is 320. The van der Waals surface area contributed by atoms with Gasteiger partial charge in [-0.1, -0.05) is 0 Å². The van der Waals surface area contributed by atoms with Crippen molar-refractivity contribution in [1.82, 2.24) is 10.6 Å². The van der Waals surface area contributed by atoms with Crippen molar-refractivity contribution in [1.29, 1.82) is 0 Å². The van der Waals surface area contributed by atoms with Crippen molar-refractivity contribution in [3.63, 3.8) is 0 Å². The average Bonchev–Trinajstić information content (AvgIpc) is 2.75. The molecule has 0 radical (unpaired) electrons. The number of hydrogen-bond acceptors (Lipinski definition) is 3. The molecular weight excluding hydrogens is 252 g/mol. The van der Waals surface area contributed by atoms with Crippen molar-refractivity contribution in [3.05, 3.63) is 0 Å². The second-order valence-corrected chi connectivity index (χ2v) is 6.85. The van der Waals surface area contributed by atoms with Crippen molar-refractivity contribution >= 4 is 23.8 Å². The Hall–Kier alpha value is -0.910. The van der Waals surface area contributed by atoms with Gasteiger partial charge in [0.25, 0.3) is 0 Å². The van der Waals surface area contributed by atoms with Crippen molar-refractivity contribution in [2.45, 2.75) is 43.9 Å². The Balaban J connectivity index is 2.28. The third-order valence-electron chi connectivity index (χ3n) is 3.34. The van der Waals surface area contributed by atoms with Crippen LogP contribution in [0.15, 0.2) is 0 Å². The van der Waals surface area contributed by atoms with E-state index in [0.717, 1.165) is 6.42 Å². The molecule has 1 aliphatic carbocycles. The van der Waals surface area contributed by atoms with Crippen LogP contribution in [0.3, 0.4) is 0 Å². The summed E-state index contributed by atoms with van der Waals surface area (Å²) in [6.07, 6.45) is 3.94. The number of carboxylic acid groups (broad SMARTS) is 1. The molecule has 0 spiro atoms. The largest absolute Gasteiger partial charge is 0.481 e. The Morgan fingerprint density at radius 1 is 1.39 bits per heavy atom. The smallest absolute Gasteiger partial charge is 0.315 e. The molecule has 18 heavy (non-hydrogen) atoms. The highest BCUT2D eigenvalue weighted by atomic mass is 32.2. The topological polar surface area (TPSA) is 78.4 Å². The van der Waals surface area contributed by atoms with Gasteiger partial charge in [-0.25, -0.2) is 4.79 Å². The van der Waals surface area contributed by atoms with Crippen LogP contribution in [0.5, 0.6) is 0 Å². The minimum absolute atomic E-state index is 0.0105. The SMILES string of the molecule is CSC(C)(C)CNC(=O)NC1CCC(C(=O)O)C1. The molecule has 0 bridgehead atoms. The van der Waals surface area contributed by atoms with Gasteiger partial charge in [0.15, 0.2) is 0 Å². The molecule has 0 aromatic carbocycles. The minimum Gasteiger partial charge on any atom is -0.481 e. The third-order valence-corrected chi connectivity index (χ3v) is 4.59. The quantitative estimate of drug-likeness (QED) is 0.713. The van der Waals surface area contributed by atoms with Crippen LogP contribution >= 0.6 is 11.8 Å². The van der Waals surface area contributed by atoms with E-state index in [1.54, 1.807) is 11.8 Å². The first-order valence-corrected chi connectivity index (χ1v) is 7.39. The van der Waals surface area contributed by atoms with E-state index < -0.39 is 5.97 Å². The lowest BCUT2D eigenvalue weighted by molar-refractivity contribution is -0.141. The number of thioether (sulfide) groups is 1. The molecule has 1 fully saturated rings. The molecule has 2 atom stereocenters. The van der Waals surface area contributed by atoms with Gasteiger partial charge in [0, 0.05) is 17.3 Å². The molecule has 0 saturated heterocycles. The van der Waals surface area contributed by atoms with E-state index in [0.29, 0.717) is 19.4 Å². The number of carboxylic acids is 1. The fourth-order valence-electron chi connectivity index (χ4n) is 1.94. The van der Waals surface area contributed by atoms with E-state index in [1.165, 1.54) is 0 Å². The number of nitrogens with one attached hydrogen (secondary N) is 2. The van der Waals surface area contributed by atoms with Crippen LogP contribution in [-0.4, -0.2) is 40.7 Å². The molecule has 0 aliphatic heterocycles. The number of urea groups is 1. The van der Waals surface area contributed by atoms with Crippen molar-refractivity contribution < 1.29 is 14.7 Å². The predicted octanol–water partition coefficient (Wildman–Crippen LogP) is 1.68. The zero-order valence-electron chi connectivity index (χ0n) is 11.2. The molecule has 1 aliphatic rings. The molecule has 5 nitrogen and oxygen atoms in total. The molecule has 3 N–H and O–H groups in total. The van der Waals surface area contributed by atoms with Gasteiger partial charge in [0.05, 0.1) is 5.92 Å². The van der Waals surface area contributed by atoms with Gasteiger partial charge >= 0.3 is 12.0 Å². The minimum atomic E-state index is -0.761. The highest BCUT2D eigenvalue weighted by Gasteiger charge is 2.30. The van der Waals surface area contributed by atoms with E-state index in [2.05, 4.69) is 24.5 Å². The maximum atomic E-state index is 11.7. The van der Waals surface area contributed by atoms with E-state index in [-0.39, 0.29) is 22.7 Å². The van der Waals surface area contributed by atoms with Crippen LogP contribution in [0.2, 0.25) is 0 Å². The normalized spacial score (nSPS) is 23.7. The highest BCUT2D eigenvalue weighted by molar-refractivity contribution is 7.99. The first-order valence-electron chi connectivity index (χ1n) is 6.16. The summed E-state index contributed by atoms with van der Waals surface area (Å²) in [4.78, 5) is 22.5. The predicted molar refractivity (Wildman–Crippen MR) is 72.9 cm³/mol. The van der Waals surface area contributed by atoms with E-state index in [9.17, 15) is 9.59 Å². The summed E-state index contributed by atoms with van der Waals surface area (Å²) in [6, 6.07) is -0.211. The summed E-state index contributed by atoms with van der Waals surface area (Å²) in [7, 11) is 0.